The highest BCUT2D eigenvalue weighted by molar-refractivity contribution is 5.45. The molecule has 0 radical (unpaired) electrons. The maximum atomic E-state index is 5.51. The summed E-state index contributed by atoms with van der Waals surface area (Å²) >= 11 is 0. The first-order valence-corrected chi connectivity index (χ1v) is 8.06. The van der Waals surface area contributed by atoms with Gasteiger partial charge in [-0.05, 0) is 62.9 Å². The van der Waals surface area contributed by atoms with Crippen LogP contribution in [-0.2, 0) is 11.3 Å². The molecule has 20 heavy (non-hydrogen) atoms. The van der Waals surface area contributed by atoms with Crippen LogP contribution in [0.1, 0.15) is 37.7 Å². The molecule has 0 aromatic heterocycles. The van der Waals surface area contributed by atoms with Gasteiger partial charge in [0.2, 0.25) is 0 Å². The number of benzene rings is 1. The number of ether oxygens (including phenoxy) is 1. The monoisotopic (exact) mass is 274 g/mol. The topological polar surface area (TPSA) is 24.5 Å². The lowest BCUT2D eigenvalue weighted by Crippen LogP contribution is -2.20. The Bertz CT molecular complexity index is 390. The minimum absolute atomic E-state index is 0.571. The zero-order valence-electron chi connectivity index (χ0n) is 12.3. The van der Waals surface area contributed by atoms with E-state index in [1.54, 1.807) is 0 Å². The normalized spacial score (nSPS) is 24.5. The molecule has 1 aromatic rings. The molecule has 2 aliphatic rings. The maximum Gasteiger partial charge on any atom is 0.0485 e. The average molecular weight is 274 g/mol. The van der Waals surface area contributed by atoms with Crippen LogP contribution in [-0.4, -0.2) is 37.2 Å². The Labute approximate surface area is 122 Å². The smallest absolute Gasteiger partial charge is 0.0485 e. The van der Waals surface area contributed by atoms with E-state index in [2.05, 4.69) is 34.5 Å². The van der Waals surface area contributed by atoms with Crippen molar-refractivity contribution in [1.82, 2.24) is 4.90 Å². The standard InChI is InChI=1S/C17H26N2O/c1-2-11-19(10-1)14-15-5-7-17(8-6-15)18-16-4-3-12-20-13-9-16/h5-8,16,18H,1-4,9-14H2. The van der Waals surface area contributed by atoms with E-state index < -0.39 is 0 Å². The van der Waals surface area contributed by atoms with E-state index in [0.29, 0.717) is 6.04 Å². The number of likely N-dealkylation sites (tertiary alicyclic amines) is 1. The first-order chi connectivity index (χ1) is 9.90. The highest BCUT2D eigenvalue weighted by Gasteiger charge is 2.13. The van der Waals surface area contributed by atoms with Crippen molar-refractivity contribution in [2.75, 3.05) is 31.6 Å². The first kappa shape index (κ1) is 13.9. The van der Waals surface area contributed by atoms with E-state index in [4.69, 9.17) is 4.74 Å². The summed E-state index contributed by atoms with van der Waals surface area (Å²) in [5.41, 5.74) is 2.68. The van der Waals surface area contributed by atoms with E-state index in [9.17, 15) is 0 Å². The molecule has 1 aromatic carbocycles. The van der Waals surface area contributed by atoms with Crippen LogP contribution in [0.25, 0.3) is 0 Å². The van der Waals surface area contributed by atoms with Gasteiger partial charge in [-0.25, -0.2) is 0 Å². The third kappa shape index (κ3) is 3.97. The van der Waals surface area contributed by atoms with Crippen LogP contribution in [0, 0.1) is 0 Å². The van der Waals surface area contributed by atoms with Gasteiger partial charge in [-0.1, -0.05) is 12.1 Å². The highest BCUT2D eigenvalue weighted by atomic mass is 16.5. The van der Waals surface area contributed by atoms with Crippen LogP contribution in [0.4, 0.5) is 5.69 Å². The van der Waals surface area contributed by atoms with Gasteiger partial charge in [0.1, 0.15) is 0 Å². The average Bonchev–Trinajstić information content (AvgIpc) is 2.84. The minimum Gasteiger partial charge on any atom is -0.382 e. The summed E-state index contributed by atoms with van der Waals surface area (Å²) in [5.74, 6) is 0. The molecular formula is C17H26N2O. The van der Waals surface area contributed by atoms with Gasteiger partial charge in [0, 0.05) is 31.5 Å². The van der Waals surface area contributed by atoms with Crippen LogP contribution in [0.15, 0.2) is 24.3 Å². The van der Waals surface area contributed by atoms with Gasteiger partial charge in [-0.2, -0.15) is 0 Å². The fraction of sp³-hybridized carbons (Fsp3) is 0.647. The number of hydrogen-bond donors (Lipinski definition) is 1. The summed E-state index contributed by atoms with van der Waals surface area (Å²) in [5, 5.41) is 3.65. The van der Waals surface area contributed by atoms with E-state index in [-0.39, 0.29) is 0 Å². The summed E-state index contributed by atoms with van der Waals surface area (Å²) in [6, 6.07) is 9.58. The predicted octanol–water partition coefficient (Wildman–Crippen LogP) is 3.26. The molecule has 0 saturated carbocycles. The lowest BCUT2D eigenvalue weighted by atomic mass is 10.1. The fourth-order valence-electron chi connectivity index (χ4n) is 3.19. The summed E-state index contributed by atoms with van der Waals surface area (Å²) in [6.45, 7) is 5.46. The SMILES string of the molecule is c1cc(NC2CCCOCC2)ccc1CN1CCCC1. The molecular weight excluding hydrogens is 248 g/mol. The molecule has 2 fully saturated rings. The maximum absolute atomic E-state index is 5.51. The van der Waals surface area contributed by atoms with Crippen molar-refractivity contribution in [3.8, 4) is 0 Å². The zero-order chi connectivity index (χ0) is 13.6. The van der Waals surface area contributed by atoms with Gasteiger partial charge in [-0.3, -0.25) is 4.90 Å². The Morgan fingerprint density at radius 3 is 2.60 bits per heavy atom. The molecule has 2 saturated heterocycles. The summed E-state index contributed by atoms with van der Waals surface area (Å²) in [6.07, 6.45) is 6.24. The molecule has 0 amide bonds. The molecule has 2 heterocycles. The quantitative estimate of drug-likeness (QED) is 0.912. The predicted molar refractivity (Wildman–Crippen MR) is 83.0 cm³/mol. The zero-order valence-corrected chi connectivity index (χ0v) is 12.3. The number of nitrogens with zero attached hydrogens (tertiary/aromatic N) is 1. The van der Waals surface area contributed by atoms with Gasteiger partial charge in [0.15, 0.2) is 0 Å². The van der Waals surface area contributed by atoms with Crippen molar-refractivity contribution in [3.05, 3.63) is 29.8 Å². The van der Waals surface area contributed by atoms with Crippen LogP contribution in [0.2, 0.25) is 0 Å². The lowest BCUT2D eigenvalue weighted by molar-refractivity contribution is 0.144. The molecule has 1 unspecified atom stereocenters. The van der Waals surface area contributed by atoms with Crippen molar-refractivity contribution in [3.63, 3.8) is 0 Å². The molecule has 2 aliphatic heterocycles. The van der Waals surface area contributed by atoms with Gasteiger partial charge in [0.05, 0.1) is 0 Å². The molecule has 1 atom stereocenters. The van der Waals surface area contributed by atoms with Crippen LogP contribution < -0.4 is 5.32 Å². The molecule has 110 valence electrons. The number of hydrogen-bond acceptors (Lipinski definition) is 3. The van der Waals surface area contributed by atoms with Crippen LogP contribution >= 0.6 is 0 Å². The van der Waals surface area contributed by atoms with E-state index >= 15 is 0 Å². The van der Waals surface area contributed by atoms with E-state index in [1.165, 1.54) is 50.0 Å². The lowest BCUT2D eigenvalue weighted by Gasteiger charge is -2.18. The summed E-state index contributed by atoms with van der Waals surface area (Å²) in [4.78, 5) is 2.55. The number of rotatable bonds is 4. The van der Waals surface area contributed by atoms with E-state index in [1.807, 2.05) is 0 Å². The largest absolute Gasteiger partial charge is 0.382 e. The Kier molecular flexibility index (Phi) is 4.93. The summed E-state index contributed by atoms with van der Waals surface area (Å²) < 4.78 is 5.51. The molecule has 3 heteroatoms. The van der Waals surface area contributed by atoms with Crippen molar-refractivity contribution in [2.45, 2.75) is 44.7 Å². The molecule has 0 spiro atoms. The van der Waals surface area contributed by atoms with Gasteiger partial charge < -0.3 is 10.1 Å². The molecule has 0 bridgehead atoms. The Balaban J connectivity index is 1.52. The second-order valence-corrected chi connectivity index (χ2v) is 6.06. The third-order valence-corrected chi connectivity index (χ3v) is 4.38. The van der Waals surface area contributed by atoms with Gasteiger partial charge in [-0.15, -0.1) is 0 Å². The second-order valence-electron chi connectivity index (χ2n) is 6.06. The van der Waals surface area contributed by atoms with Crippen molar-refractivity contribution in [1.29, 1.82) is 0 Å². The number of anilines is 1. The Morgan fingerprint density at radius 1 is 1.00 bits per heavy atom. The van der Waals surface area contributed by atoms with Crippen molar-refractivity contribution in [2.24, 2.45) is 0 Å². The van der Waals surface area contributed by atoms with Crippen molar-refractivity contribution >= 4 is 5.69 Å². The third-order valence-electron chi connectivity index (χ3n) is 4.38. The first-order valence-electron chi connectivity index (χ1n) is 8.06. The fourth-order valence-corrected chi connectivity index (χ4v) is 3.19. The highest BCUT2D eigenvalue weighted by Crippen LogP contribution is 2.18. The van der Waals surface area contributed by atoms with Gasteiger partial charge in [0.25, 0.3) is 0 Å². The number of nitrogens with one attached hydrogen (secondary N) is 1. The Morgan fingerprint density at radius 2 is 1.80 bits per heavy atom. The summed E-state index contributed by atoms with van der Waals surface area (Å²) in [7, 11) is 0. The molecule has 1 N–H and O–H groups in total. The van der Waals surface area contributed by atoms with Gasteiger partial charge >= 0.3 is 0 Å². The minimum atomic E-state index is 0.571. The van der Waals surface area contributed by atoms with E-state index in [0.717, 1.165) is 26.2 Å². The second kappa shape index (κ2) is 7.09. The van der Waals surface area contributed by atoms with Crippen LogP contribution in [0.3, 0.4) is 0 Å². The molecule has 0 aliphatic carbocycles. The van der Waals surface area contributed by atoms with Crippen molar-refractivity contribution < 1.29 is 4.74 Å². The van der Waals surface area contributed by atoms with Crippen LogP contribution in [0.5, 0.6) is 0 Å². The molecule has 3 rings (SSSR count). The Hall–Kier alpha value is -1.06. The molecule has 3 nitrogen and oxygen atoms in total.